The third kappa shape index (κ3) is 1.95. The van der Waals surface area contributed by atoms with Crippen molar-refractivity contribution in [1.29, 1.82) is 0 Å². The maximum atomic E-state index is 2.57. The van der Waals surface area contributed by atoms with Gasteiger partial charge in [-0.05, 0) is 61.5 Å². The predicted molar refractivity (Wildman–Crippen MR) is 87.6 cm³/mol. The third-order valence-electron chi connectivity index (χ3n) is 5.53. The fraction of sp³-hybridized carbons (Fsp3) is 0.400. The number of hydrogen-bond donors (Lipinski definition) is 0. The van der Waals surface area contributed by atoms with E-state index in [1.165, 1.54) is 30.5 Å². The fourth-order valence-electron chi connectivity index (χ4n) is 4.65. The monoisotopic (exact) mass is 277 g/mol. The number of fused-ring (bicyclic) bond motifs is 3. The first kappa shape index (κ1) is 13.1. The minimum atomic E-state index is 0.579. The molecule has 1 aliphatic heterocycles. The molecule has 2 aromatic carbocycles. The SMILES string of the molecule is Cc1ccccc1[C@@H]1c2ccccc2[C@H]2[C@@H]1CCCN2C. The molecular formula is C20H23N. The lowest BCUT2D eigenvalue weighted by molar-refractivity contribution is 0.127. The maximum absolute atomic E-state index is 2.57. The van der Waals surface area contributed by atoms with Crippen LogP contribution in [0, 0.1) is 12.8 Å². The molecule has 0 amide bonds. The Kier molecular flexibility index (Phi) is 3.11. The van der Waals surface area contributed by atoms with Crippen molar-refractivity contribution in [3.63, 3.8) is 0 Å². The molecule has 21 heavy (non-hydrogen) atoms. The Morgan fingerprint density at radius 2 is 1.57 bits per heavy atom. The molecule has 108 valence electrons. The lowest BCUT2D eigenvalue weighted by Gasteiger charge is -2.37. The van der Waals surface area contributed by atoms with Gasteiger partial charge >= 0.3 is 0 Å². The van der Waals surface area contributed by atoms with E-state index in [-0.39, 0.29) is 0 Å². The van der Waals surface area contributed by atoms with E-state index in [9.17, 15) is 0 Å². The molecule has 1 aliphatic carbocycles. The van der Waals surface area contributed by atoms with Crippen LogP contribution >= 0.6 is 0 Å². The van der Waals surface area contributed by atoms with Crippen molar-refractivity contribution >= 4 is 0 Å². The van der Waals surface area contributed by atoms with E-state index in [2.05, 4.69) is 67.4 Å². The number of likely N-dealkylation sites (tertiary alicyclic amines) is 1. The first-order chi connectivity index (χ1) is 10.3. The molecule has 0 aromatic heterocycles. The highest BCUT2D eigenvalue weighted by Gasteiger charge is 2.44. The predicted octanol–water partition coefficient (Wildman–Crippen LogP) is 4.52. The molecule has 1 heteroatoms. The standard InChI is InChI=1S/C20H23N/c1-14-8-3-4-9-15(14)19-16-10-5-6-11-17(16)20-18(19)12-7-13-21(20)2/h3-6,8-11,18-20H,7,12-13H2,1-2H3/t18-,19-,20+/m1/s1. The highest BCUT2D eigenvalue weighted by Crippen LogP contribution is 2.54. The average Bonchev–Trinajstić information content (AvgIpc) is 2.83. The first-order valence-corrected chi connectivity index (χ1v) is 8.12. The Hall–Kier alpha value is -1.60. The first-order valence-electron chi connectivity index (χ1n) is 8.12. The fourth-order valence-corrected chi connectivity index (χ4v) is 4.65. The summed E-state index contributed by atoms with van der Waals surface area (Å²) in [7, 11) is 2.30. The lowest BCUT2D eigenvalue weighted by Crippen LogP contribution is -2.34. The van der Waals surface area contributed by atoms with Crippen molar-refractivity contribution in [2.24, 2.45) is 5.92 Å². The topological polar surface area (TPSA) is 3.24 Å². The Bertz CT molecular complexity index is 660. The zero-order valence-electron chi connectivity index (χ0n) is 12.9. The summed E-state index contributed by atoms with van der Waals surface area (Å²) in [6.45, 7) is 3.49. The van der Waals surface area contributed by atoms with Gasteiger partial charge in [-0.1, -0.05) is 48.5 Å². The van der Waals surface area contributed by atoms with Gasteiger partial charge in [0.15, 0.2) is 0 Å². The average molecular weight is 277 g/mol. The second-order valence-electron chi connectivity index (χ2n) is 6.69. The zero-order valence-corrected chi connectivity index (χ0v) is 12.9. The van der Waals surface area contributed by atoms with Gasteiger partial charge in [0.05, 0.1) is 0 Å². The molecule has 0 radical (unpaired) electrons. The molecular weight excluding hydrogens is 254 g/mol. The molecule has 0 saturated carbocycles. The van der Waals surface area contributed by atoms with Gasteiger partial charge in [-0.2, -0.15) is 0 Å². The minimum Gasteiger partial charge on any atom is -0.299 e. The van der Waals surface area contributed by atoms with Crippen LogP contribution in [0.5, 0.6) is 0 Å². The van der Waals surface area contributed by atoms with E-state index in [1.807, 2.05) is 0 Å². The molecule has 0 spiro atoms. The minimum absolute atomic E-state index is 0.579. The van der Waals surface area contributed by atoms with Gasteiger partial charge in [-0.25, -0.2) is 0 Å². The van der Waals surface area contributed by atoms with Crippen LogP contribution in [0.4, 0.5) is 0 Å². The molecule has 1 saturated heterocycles. The van der Waals surface area contributed by atoms with Gasteiger partial charge in [-0.15, -0.1) is 0 Å². The summed E-state index contributed by atoms with van der Waals surface area (Å²) in [5.74, 6) is 1.32. The number of piperidine rings is 1. The van der Waals surface area contributed by atoms with Crippen LogP contribution in [0.3, 0.4) is 0 Å². The molecule has 0 unspecified atom stereocenters. The maximum Gasteiger partial charge on any atom is 0.0385 e. The number of aryl methyl sites for hydroxylation is 1. The van der Waals surface area contributed by atoms with Gasteiger partial charge in [0, 0.05) is 12.0 Å². The van der Waals surface area contributed by atoms with Crippen LogP contribution < -0.4 is 0 Å². The second kappa shape index (κ2) is 4.99. The quantitative estimate of drug-likeness (QED) is 0.740. The van der Waals surface area contributed by atoms with Gasteiger partial charge in [0.1, 0.15) is 0 Å². The van der Waals surface area contributed by atoms with E-state index in [4.69, 9.17) is 0 Å². The van der Waals surface area contributed by atoms with Crippen molar-refractivity contribution in [3.8, 4) is 0 Å². The summed E-state index contributed by atoms with van der Waals surface area (Å²) < 4.78 is 0. The zero-order chi connectivity index (χ0) is 14.4. The molecule has 1 heterocycles. The van der Waals surface area contributed by atoms with E-state index in [0.717, 1.165) is 5.92 Å². The number of hydrogen-bond acceptors (Lipinski definition) is 1. The van der Waals surface area contributed by atoms with E-state index >= 15 is 0 Å². The molecule has 2 aromatic rings. The highest BCUT2D eigenvalue weighted by molar-refractivity contribution is 5.48. The summed E-state index contributed by atoms with van der Waals surface area (Å²) in [6.07, 6.45) is 2.68. The summed E-state index contributed by atoms with van der Waals surface area (Å²) >= 11 is 0. The Balaban J connectivity index is 1.89. The second-order valence-corrected chi connectivity index (χ2v) is 6.69. The van der Waals surface area contributed by atoms with Crippen molar-refractivity contribution in [2.45, 2.75) is 31.7 Å². The van der Waals surface area contributed by atoms with E-state index in [0.29, 0.717) is 12.0 Å². The number of benzene rings is 2. The normalized spacial score (nSPS) is 28.2. The Labute approximate surface area is 127 Å². The molecule has 0 bridgehead atoms. The van der Waals surface area contributed by atoms with Crippen LogP contribution in [-0.4, -0.2) is 18.5 Å². The summed E-state index contributed by atoms with van der Waals surface area (Å²) in [5.41, 5.74) is 6.10. The number of nitrogens with zero attached hydrogens (tertiary/aromatic N) is 1. The largest absolute Gasteiger partial charge is 0.299 e. The molecule has 1 fully saturated rings. The summed E-state index contributed by atoms with van der Waals surface area (Å²) in [6, 6.07) is 18.7. The van der Waals surface area contributed by atoms with Crippen LogP contribution in [0.2, 0.25) is 0 Å². The highest BCUT2D eigenvalue weighted by atomic mass is 15.1. The summed E-state index contributed by atoms with van der Waals surface area (Å²) in [4.78, 5) is 2.57. The van der Waals surface area contributed by atoms with E-state index < -0.39 is 0 Å². The Morgan fingerprint density at radius 3 is 2.33 bits per heavy atom. The van der Waals surface area contributed by atoms with Crippen LogP contribution in [0.1, 0.15) is 47.1 Å². The van der Waals surface area contributed by atoms with Gasteiger partial charge in [0.2, 0.25) is 0 Å². The smallest absolute Gasteiger partial charge is 0.0385 e. The molecule has 4 rings (SSSR count). The number of rotatable bonds is 1. The summed E-state index contributed by atoms with van der Waals surface area (Å²) in [5, 5.41) is 0. The molecule has 3 atom stereocenters. The molecule has 1 nitrogen and oxygen atoms in total. The van der Waals surface area contributed by atoms with Gasteiger partial charge in [-0.3, -0.25) is 4.90 Å². The van der Waals surface area contributed by atoms with E-state index in [1.54, 1.807) is 11.1 Å². The van der Waals surface area contributed by atoms with Gasteiger partial charge in [0.25, 0.3) is 0 Å². The molecule has 0 N–H and O–H groups in total. The van der Waals surface area contributed by atoms with Crippen LogP contribution in [0.15, 0.2) is 48.5 Å². The van der Waals surface area contributed by atoms with Crippen molar-refractivity contribution in [1.82, 2.24) is 4.90 Å². The third-order valence-corrected chi connectivity index (χ3v) is 5.53. The molecule has 2 aliphatic rings. The van der Waals surface area contributed by atoms with Crippen molar-refractivity contribution in [2.75, 3.05) is 13.6 Å². The van der Waals surface area contributed by atoms with Crippen LogP contribution in [-0.2, 0) is 0 Å². The van der Waals surface area contributed by atoms with Crippen LogP contribution in [0.25, 0.3) is 0 Å². The van der Waals surface area contributed by atoms with Crippen molar-refractivity contribution < 1.29 is 0 Å². The lowest BCUT2D eigenvalue weighted by atomic mass is 9.79. The van der Waals surface area contributed by atoms with Crippen molar-refractivity contribution in [3.05, 3.63) is 70.8 Å². The van der Waals surface area contributed by atoms with Gasteiger partial charge < -0.3 is 0 Å². The Morgan fingerprint density at radius 1 is 0.905 bits per heavy atom.